The van der Waals surface area contributed by atoms with Gasteiger partial charge in [-0.05, 0) is 35.4 Å². The summed E-state index contributed by atoms with van der Waals surface area (Å²) in [7, 11) is 3.98. The molecule has 30 heavy (non-hydrogen) atoms. The van der Waals surface area contributed by atoms with E-state index in [2.05, 4.69) is 10.6 Å². The Balaban J connectivity index is 1.63. The van der Waals surface area contributed by atoms with Gasteiger partial charge in [0.15, 0.2) is 0 Å². The van der Waals surface area contributed by atoms with Gasteiger partial charge in [0.05, 0.1) is 12.5 Å². The summed E-state index contributed by atoms with van der Waals surface area (Å²) in [6, 6.07) is 26.2. The molecule has 5 heteroatoms. The molecule has 3 rings (SSSR count). The Morgan fingerprint density at radius 3 is 2.03 bits per heavy atom. The Morgan fingerprint density at radius 2 is 1.43 bits per heavy atom. The van der Waals surface area contributed by atoms with Crippen LogP contribution in [0.5, 0.6) is 0 Å². The molecule has 0 spiro atoms. The van der Waals surface area contributed by atoms with Crippen molar-refractivity contribution in [3.05, 3.63) is 102 Å². The van der Waals surface area contributed by atoms with Crippen LogP contribution in [0.4, 0.5) is 5.69 Å². The van der Waals surface area contributed by atoms with Crippen LogP contribution < -0.4 is 15.5 Å². The average Bonchev–Trinajstić information content (AvgIpc) is 2.78. The molecule has 0 radical (unpaired) electrons. The van der Waals surface area contributed by atoms with E-state index in [9.17, 15) is 9.59 Å². The van der Waals surface area contributed by atoms with Gasteiger partial charge in [-0.15, -0.1) is 0 Å². The van der Waals surface area contributed by atoms with E-state index in [1.807, 2.05) is 91.8 Å². The number of nitrogens with zero attached hydrogens (tertiary/aromatic N) is 1. The van der Waals surface area contributed by atoms with Gasteiger partial charge in [0.25, 0.3) is 5.91 Å². The predicted octanol–water partition coefficient (Wildman–Crippen LogP) is 3.93. The number of nitrogens with one attached hydrogen (secondary N) is 2. The van der Waals surface area contributed by atoms with Crippen LogP contribution in [-0.4, -0.2) is 25.9 Å². The summed E-state index contributed by atoms with van der Waals surface area (Å²) in [5, 5.41) is 5.95. The zero-order valence-corrected chi connectivity index (χ0v) is 17.3. The lowest BCUT2D eigenvalue weighted by Crippen LogP contribution is -2.33. The van der Waals surface area contributed by atoms with Crippen molar-refractivity contribution >= 4 is 17.5 Å². The van der Waals surface area contributed by atoms with Gasteiger partial charge in [-0.2, -0.15) is 0 Å². The quantitative estimate of drug-likeness (QED) is 0.601. The number of rotatable bonds is 8. The number of hydrogen-bond acceptors (Lipinski definition) is 3. The van der Waals surface area contributed by atoms with Gasteiger partial charge >= 0.3 is 0 Å². The second-order valence-electron chi connectivity index (χ2n) is 7.34. The summed E-state index contributed by atoms with van der Waals surface area (Å²) in [4.78, 5) is 27.3. The van der Waals surface area contributed by atoms with Gasteiger partial charge < -0.3 is 15.5 Å². The van der Waals surface area contributed by atoms with Crippen LogP contribution in [-0.2, 0) is 11.3 Å². The minimum absolute atomic E-state index is 0.117. The Morgan fingerprint density at radius 1 is 0.833 bits per heavy atom. The van der Waals surface area contributed by atoms with E-state index in [4.69, 9.17) is 0 Å². The third kappa shape index (κ3) is 5.95. The van der Waals surface area contributed by atoms with E-state index in [1.54, 1.807) is 12.1 Å². The summed E-state index contributed by atoms with van der Waals surface area (Å²) < 4.78 is 0. The molecule has 0 saturated carbocycles. The standard InChI is InChI=1S/C25H27N3O2/c1-28(2)22-15-13-19(14-16-22)18-26-24(29)17-23(20-9-5-3-6-10-20)27-25(30)21-11-7-4-8-12-21/h3-16,23H,17-18H2,1-2H3,(H,26,29)(H,27,30)/t23-/m1/s1. The summed E-state index contributed by atoms with van der Waals surface area (Å²) in [6.07, 6.45) is 0.165. The highest BCUT2D eigenvalue weighted by atomic mass is 16.2. The third-order valence-corrected chi connectivity index (χ3v) is 4.88. The molecule has 0 bridgehead atoms. The number of amides is 2. The number of carbonyl (C=O) groups excluding carboxylic acids is 2. The van der Waals surface area contributed by atoms with Crippen LogP contribution in [0.15, 0.2) is 84.9 Å². The molecule has 2 amide bonds. The smallest absolute Gasteiger partial charge is 0.251 e. The third-order valence-electron chi connectivity index (χ3n) is 4.88. The fourth-order valence-corrected chi connectivity index (χ4v) is 3.14. The van der Waals surface area contributed by atoms with Crippen LogP contribution in [0.3, 0.4) is 0 Å². The maximum Gasteiger partial charge on any atom is 0.251 e. The molecule has 0 aromatic heterocycles. The van der Waals surface area contributed by atoms with E-state index >= 15 is 0 Å². The molecule has 0 saturated heterocycles. The van der Waals surface area contributed by atoms with Gasteiger partial charge in [-0.1, -0.05) is 60.7 Å². The lowest BCUT2D eigenvalue weighted by molar-refractivity contribution is -0.121. The van der Waals surface area contributed by atoms with E-state index in [1.165, 1.54) is 0 Å². The minimum Gasteiger partial charge on any atom is -0.378 e. The van der Waals surface area contributed by atoms with Crippen molar-refractivity contribution in [3.63, 3.8) is 0 Å². The van der Waals surface area contributed by atoms with E-state index in [0.717, 1.165) is 16.8 Å². The Kier molecular flexibility index (Phi) is 7.22. The molecule has 0 aliphatic rings. The SMILES string of the molecule is CN(C)c1ccc(CNC(=O)C[C@@H](NC(=O)c2ccccc2)c2ccccc2)cc1. The first-order valence-corrected chi connectivity index (χ1v) is 9.97. The number of anilines is 1. The van der Waals surface area contributed by atoms with E-state index in [-0.39, 0.29) is 18.2 Å². The molecule has 2 N–H and O–H groups in total. The van der Waals surface area contributed by atoms with Gasteiger partial charge in [-0.3, -0.25) is 9.59 Å². The van der Waals surface area contributed by atoms with Crippen molar-refractivity contribution in [2.24, 2.45) is 0 Å². The average molecular weight is 402 g/mol. The fourth-order valence-electron chi connectivity index (χ4n) is 3.14. The van der Waals surface area contributed by atoms with Gasteiger partial charge in [-0.25, -0.2) is 0 Å². The predicted molar refractivity (Wildman–Crippen MR) is 120 cm³/mol. The molecule has 3 aromatic rings. The highest BCUT2D eigenvalue weighted by molar-refractivity contribution is 5.94. The summed E-state index contributed by atoms with van der Waals surface area (Å²) >= 11 is 0. The van der Waals surface area contributed by atoms with Gasteiger partial charge in [0.2, 0.25) is 5.91 Å². The lowest BCUT2D eigenvalue weighted by atomic mass is 10.0. The number of carbonyl (C=O) groups is 2. The largest absolute Gasteiger partial charge is 0.378 e. The second-order valence-corrected chi connectivity index (χ2v) is 7.34. The maximum atomic E-state index is 12.6. The molecule has 3 aromatic carbocycles. The van der Waals surface area contributed by atoms with Crippen LogP contribution >= 0.6 is 0 Å². The first kappa shape index (κ1) is 21.1. The molecular weight excluding hydrogens is 374 g/mol. The first-order chi connectivity index (χ1) is 14.5. The maximum absolute atomic E-state index is 12.6. The number of hydrogen-bond donors (Lipinski definition) is 2. The van der Waals surface area contributed by atoms with Crippen molar-refractivity contribution in [1.82, 2.24) is 10.6 Å². The zero-order valence-electron chi connectivity index (χ0n) is 17.3. The minimum atomic E-state index is -0.407. The monoisotopic (exact) mass is 401 g/mol. The van der Waals surface area contributed by atoms with Crippen molar-refractivity contribution in [3.8, 4) is 0 Å². The Hall–Kier alpha value is -3.60. The Labute approximate surface area is 177 Å². The second kappa shape index (κ2) is 10.3. The first-order valence-electron chi connectivity index (χ1n) is 9.97. The van der Waals surface area contributed by atoms with Crippen molar-refractivity contribution in [2.45, 2.75) is 19.0 Å². The molecule has 0 aliphatic carbocycles. The zero-order chi connectivity index (χ0) is 21.3. The molecular formula is C25H27N3O2. The lowest BCUT2D eigenvalue weighted by Gasteiger charge is -2.19. The van der Waals surface area contributed by atoms with Crippen molar-refractivity contribution < 1.29 is 9.59 Å². The van der Waals surface area contributed by atoms with Gasteiger partial charge in [0, 0.05) is 31.9 Å². The van der Waals surface area contributed by atoms with Crippen molar-refractivity contribution in [1.29, 1.82) is 0 Å². The normalized spacial score (nSPS) is 11.4. The van der Waals surface area contributed by atoms with Crippen LogP contribution in [0, 0.1) is 0 Å². The van der Waals surface area contributed by atoms with E-state index in [0.29, 0.717) is 12.1 Å². The highest BCUT2D eigenvalue weighted by Crippen LogP contribution is 2.18. The molecule has 0 unspecified atom stereocenters. The van der Waals surface area contributed by atoms with Gasteiger partial charge in [0.1, 0.15) is 0 Å². The fraction of sp³-hybridized carbons (Fsp3) is 0.200. The van der Waals surface area contributed by atoms with Crippen LogP contribution in [0.1, 0.15) is 33.9 Å². The molecule has 0 heterocycles. The van der Waals surface area contributed by atoms with E-state index < -0.39 is 6.04 Å². The molecule has 0 fully saturated rings. The molecule has 1 atom stereocenters. The van der Waals surface area contributed by atoms with Crippen molar-refractivity contribution in [2.75, 3.05) is 19.0 Å². The highest BCUT2D eigenvalue weighted by Gasteiger charge is 2.19. The van der Waals surface area contributed by atoms with Crippen LogP contribution in [0.25, 0.3) is 0 Å². The summed E-state index contributed by atoms with van der Waals surface area (Å²) in [5.41, 5.74) is 3.60. The molecule has 0 aliphatic heterocycles. The Bertz CT molecular complexity index is 955. The number of benzene rings is 3. The summed E-state index contributed by atoms with van der Waals surface area (Å²) in [5.74, 6) is -0.314. The molecule has 154 valence electrons. The summed E-state index contributed by atoms with van der Waals surface area (Å²) in [6.45, 7) is 0.445. The molecule has 5 nitrogen and oxygen atoms in total. The topological polar surface area (TPSA) is 61.4 Å². The van der Waals surface area contributed by atoms with Crippen LogP contribution in [0.2, 0.25) is 0 Å².